The number of benzene rings is 3. The molecule has 3 aliphatic rings. The lowest BCUT2D eigenvalue weighted by Crippen LogP contribution is -2.43. The van der Waals surface area contributed by atoms with Gasteiger partial charge in [0.1, 0.15) is 11.4 Å². The van der Waals surface area contributed by atoms with E-state index in [0.29, 0.717) is 5.71 Å². The summed E-state index contributed by atoms with van der Waals surface area (Å²) in [4.78, 5) is 12.5. The molecule has 1 fully saturated rings. The molecule has 1 saturated carbocycles. The van der Waals surface area contributed by atoms with Gasteiger partial charge in [-0.15, -0.1) is 5.10 Å². The van der Waals surface area contributed by atoms with E-state index < -0.39 is 0 Å². The number of anilines is 1. The first-order chi connectivity index (χ1) is 15.2. The highest BCUT2D eigenvalue weighted by Crippen LogP contribution is 2.45. The molecule has 3 aromatic carbocycles. The molecule has 0 bridgehead atoms. The minimum absolute atomic E-state index is 0.205. The van der Waals surface area contributed by atoms with Crippen molar-refractivity contribution in [2.45, 2.75) is 44.1 Å². The van der Waals surface area contributed by atoms with E-state index in [9.17, 15) is 4.79 Å². The number of nitrogens with zero attached hydrogens (tertiary/aromatic N) is 2. The summed E-state index contributed by atoms with van der Waals surface area (Å²) in [5, 5.41) is 14.3. The van der Waals surface area contributed by atoms with Crippen LogP contribution in [0.15, 0.2) is 70.9 Å². The number of ether oxygens (including phenoxy) is 1. The first-order valence-corrected chi connectivity index (χ1v) is 11.0. The van der Waals surface area contributed by atoms with E-state index in [1.807, 2.05) is 36.4 Å². The van der Waals surface area contributed by atoms with Crippen molar-refractivity contribution in [3.63, 3.8) is 0 Å². The third-order valence-corrected chi connectivity index (χ3v) is 6.68. The number of hydrogen-bond donors (Lipinski definition) is 1. The summed E-state index contributed by atoms with van der Waals surface area (Å²) in [6, 6.07) is 20.1. The van der Waals surface area contributed by atoms with Gasteiger partial charge < -0.3 is 10.1 Å². The molecule has 0 aromatic heterocycles. The number of hydrogen-bond acceptors (Lipinski definition) is 4. The normalized spacial score (nSPS) is 21.7. The lowest BCUT2D eigenvalue weighted by molar-refractivity contribution is -0.110. The summed E-state index contributed by atoms with van der Waals surface area (Å²) in [5.74, 6) is 0.699. The van der Waals surface area contributed by atoms with Gasteiger partial charge in [0.25, 0.3) is 5.91 Å². The number of carbonyl (C=O) groups excluding carboxylic acids is 1. The van der Waals surface area contributed by atoms with Crippen LogP contribution >= 0.6 is 0 Å². The average Bonchev–Trinajstić information content (AvgIpc) is 3.13. The molecular weight excluding hydrogens is 386 g/mol. The fraction of sp³-hybridized carbons (Fsp3) is 0.269. The summed E-state index contributed by atoms with van der Waals surface area (Å²) in [5.41, 5.74) is 3.60. The van der Waals surface area contributed by atoms with Gasteiger partial charge in [-0.3, -0.25) is 4.79 Å². The Morgan fingerprint density at radius 2 is 1.65 bits per heavy atom. The zero-order chi connectivity index (χ0) is 20.8. The summed E-state index contributed by atoms with van der Waals surface area (Å²) in [6.45, 7) is 0. The van der Waals surface area contributed by atoms with Crippen LogP contribution in [0.1, 0.15) is 49.7 Å². The minimum atomic E-state index is -0.232. The molecule has 6 rings (SSSR count). The molecule has 5 heteroatoms. The number of amides is 1. The van der Waals surface area contributed by atoms with Crippen molar-refractivity contribution < 1.29 is 9.53 Å². The molecule has 154 valence electrons. The van der Waals surface area contributed by atoms with Crippen LogP contribution in [-0.2, 0) is 4.79 Å². The van der Waals surface area contributed by atoms with Crippen molar-refractivity contribution in [2.75, 3.05) is 5.32 Å². The molecule has 2 aliphatic heterocycles. The van der Waals surface area contributed by atoms with Gasteiger partial charge in [0.15, 0.2) is 5.71 Å². The van der Waals surface area contributed by atoms with Gasteiger partial charge in [0.05, 0.1) is 11.4 Å². The Morgan fingerprint density at radius 3 is 2.55 bits per heavy atom. The Morgan fingerprint density at radius 1 is 0.839 bits per heavy atom. The molecule has 1 aliphatic carbocycles. The second-order valence-corrected chi connectivity index (χ2v) is 8.68. The molecule has 2 heterocycles. The summed E-state index contributed by atoms with van der Waals surface area (Å²) in [7, 11) is 0. The Balaban J connectivity index is 1.50. The topological polar surface area (TPSA) is 63.0 Å². The summed E-state index contributed by atoms with van der Waals surface area (Å²) < 4.78 is 6.74. The van der Waals surface area contributed by atoms with E-state index in [4.69, 9.17) is 4.74 Å². The Kier molecular flexibility index (Phi) is 4.16. The average molecular weight is 409 g/mol. The number of fused-ring (bicyclic) bond motifs is 4. The number of nitrogens with one attached hydrogen (secondary N) is 1. The van der Waals surface area contributed by atoms with Crippen molar-refractivity contribution in [1.29, 1.82) is 0 Å². The van der Waals surface area contributed by atoms with Crippen molar-refractivity contribution in [3.8, 4) is 5.75 Å². The van der Waals surface area contributed by atoms with Gasteiger partial charge in [0.2, 0.25) is 0 Å². The van der Waals surface area contributed by atoms with E-state index >= 15 is 0 Å². The zero-order valence-electron chi connectivity index (χ0n) is 17.2. The van der Waals surface area contributed by atoms with Crippen molar-refractivity contribution in [1.82, 2.24) is 0 Å². The van der Waals surface area contributed by atoms with Crippen LogP contribution in [-0.4, -0.2) is 22.9 Å². The van der Waals surface area contributed by atoms with Crippen molar-refractivity contribution in [2.24, 2.45) is 10.2 Å². The lowest BCUT2D eigenvalue weighted by Gasteiger charge is -2.42. The predicted molar refractivity (Wildman–Crippen MR) is 123 cm³/mol. The molecule has 0 saturated heterocycles. The summed E-state index contributed by atoms with van der Waals surface area (Å²) >= 11 is 0. The predicted octanol–water partition coefficient (Wildman–Crippen LogP) is 5.47. The molecule has 1 spiro atoms. The Labute approximate surface area is 180 Å². The molecule has 5 nitrogen and oxygen atoms in total. The first-order valence-electron chi connectivity index (χ1n) is 11.0. The van der Waals surface area contributed by atoms with Crippen LogP contribution < -0.4 is 10.1 Å². The second-order valence-electron chi connectivity index (χ2n) is 8.68. The molecule has 0 unspecified atom stereocenters. The molecule has 0 radical (unpaired) electrons. The van der Waals surface area contributed by atoms with Gasteiger partial charge in [-0.2, -0.15) is 5.10 Å². The highest BCUT2D eigenvalue weighted by molar-refractivity contribution is 6.53. The van der Waals surface area contributed by atoms with Crippen molar-refractivity contribution in [3.05, 3.63) is 71.8 Å². The first kappa shape index (κ1) is 18.3. The maximum Gasteiger partial charge on any atom is 0.276 e. The largest absolute Gasteiger partial charge is 0.486 e. The highest BCUT2D eigenvalue weighted by atomic mass is 16.5. The minimum Gasteiger partial charge on any atom is -0.486 e. The van der Waals surface area contributed by atoms with Gasteiger partial charge in [-0.25, -0.2) is 0 Å². The molecule has 0 atom stereocenters. The smallest absolute Gasteiger partial charge is 0.276 e. The van der Waals surface area contributed by atoms with Crippen LogP contribution in [0.5, 0.6) is 5.75 Å². The van der Waals surface area contributed by atoms with Crippen LogP contribution in [0.2, 0.25) is 0 Å². The molecular formula is C26H23N3O2. The molecule has 1 N–H and O–H groups in total. The monoisotopic (exact) mass is 409 g/mol. The van der Waals surface area contributed by atoms with Gasteiger partial charge >= 0.3 is 0 Å². The van der Waals surface area contributed by atoms with E-state index in [2.05, 4.69) is 39.8 Å². The maximum atomic E-state index is 12.5. The zero-order valence-corrected chi connectivity index (χ0v) is 17.2. The molecule has 3 aromatic rings. The van der Waals surface area contributed by atoms with Crippen LogP contribution in [0.3, 0.4) is 0 Å². The number of para-hydroxylation sites is 1. The van der Waals surface area contributed by atoms with Crippen LogP contribution in [0.4, 0.5) is 5.69 Å². The van der Waals surface area contributed by atoms with E-state index in [0.717, 1.165) is 71.2 Å². The number of carbonyl (C=O) groups is 1. The third kappa shape index (κ3) is 3.03. The lowest BCUT2D eigenvalue weighted by atomic mass is 9.78. The van der Waals surface area contributed by atoms with E-state index in [-0.39, 0.29) is 11.5 Å². The Bertz CT molecular complexity index is 1270. The summed E-state index contributed by atoms with van der Waals surface area (Å²) in [6.07, 6.45) is 6.34. The second kappa shape index (κ2) is 7.05. The SMILES string of the molecule is O=C1Nc2ccccc2/C1=N/N=C1\CC2(CCCCC2)Oc2c1ccc1ccccc21. The fourth-order valence-corrected chi connectivity index (χ4v) is 5.11. The van der Waals surface area contributed by atoms with Gasteiger partial charge in [0, 0.05) is 22.9 Å². The van der Waals surface area contributed by atoms with Crippen LogP contribution in [0.25, 0.3) is 10.8 Å². The number of rotatable bonds is 1. The maximum absolute atomic E-state index is 12.5. The third-order valence-electron chi connectivity index (χ3n) is 6.68. The van der Waals surface area contributed by atoms with Crippen LogP contribution in [0, 0.1) is 0 Å². The molecule has 31 heavy (non-hydrogen) atoms. The quantitative estimate of drug-likeness (QED) is 0.542. The van der Waals surface area contributed by atoms with Gasteiger partial charge in [-0.1, -0.05) is 55.0 Å². The fourth-order valence-electron chi connectivity index (χ4n) is 5.11. The van der Waals surface area contributed by atoms with Gasteiger partial charge in [-0.05, 0) is 43.2 Å². The van der Waals surface area contributed by atoms with E-state index in [1.54, 1.807) is 0 Å². The van der Waals surface area contributed by atoms with E-state index in [1.165, 1.54) is 6.42 Å². The standard InChI is InChI=1S/C26H23N3O2/c30-25-23(19-10-4-5-11-21(19)27-25)29-28-22-16-26(14-6-1-7-15-26)31-24-18-9-3-2-8-17(18)12-13-20(22)24/h2-5,8-13H,1,6-7,14-16H2,(H,27,29,30)/b28-22+. The van der Waals surface area contributed by atoms with Crippen molar-refractivity contribution >= 4 is 33.8 Å². The highest BCUT2D eigenvalue weighted by Gasteiger charge is 2.41. The Hall–Kier alpha value is -3.47. The molecule has 1 amide bonds.